The fourth-order valence-electron chi connectivity index (χ4n) is 3.24. The topological polar surface area (TPSA) is 48.9 Å². The van der Waals surface area contributed by atoms with Gasteiger partial charge < -0.3 is 20.3 Å². The van der Waals surface area contributed by atoms with Gasteiger partial charge in [-0.2, -0.15) is 0 Å². The molecule has 1 saturated heterocycles. The molecule has 0 aromatic heterocycles. The molecule has 2 rings (SSSR count). The van der Waals surface area contributed by atoms with Crippen LogP contribution in [0.25, 0.3) is 0 Å². The number of nitrogens with zero attached hydrogens (tertiary/aromatic N) is 2. The van der Waals surface area contributed by atoms with E-state index in [2.05, 4.69) is 46.5 Å². The van der Waals surface area contributed by atoms with Crippen LogP contribution in [-0.2, 0) is 6.54 Å². The number of piperidine rings is 1. The first-order valence-corrected chi connectivity index (χ1v) is 8.98. The molecule has 0 aliphatic carbocycles. The Kier molecular flexibility index (Phi) is 10.2. The van der Waals surface area contributed by atoms with Gasteiger partial charge in [-0.3, -0.25) is 4.99 Å². The lowest BCUT2D eigenvalue weighted by Crippen LogP contribution is -2.48. The molecule has 1 aromatic carbocycles. The zero-order chi connectivity index (χ0) is 17.4. The minimum atomic E-state index is 0. The second-order valence-corrected chi connectivity index (χ2v) is 6.54. The van der Waals surface area contributed by atoms with E-state index in [1.54, 1.807) is 7.11 Å². The number of likely N-dealkylation sites (tertiary alicyclic amines) is 1. The van der Waals surface area contributed by atoms with Gasteiger partial charge in [0, 0.05) is 32.7 Å². The Labute approximate surface area is 169 Å². The Morgan fingerprint density at radius 2 is 2.00 bits per heavy atom. The summed E-state index contributed by atoms with van der Waals surface area (Å²) in [4.78, 5) is 6.92. The van der Waals surface area contributed by atoms with Gasteiger partial charge >= 0.3 is 0 Å². The lowest BCUT2D eigenvalue weighted by atomic mass is 10.1. The number of hydrogen-bond acceptors (Lipinski definition) is 3. The maximum Gasteiger partial charge on any atom is 0.191 e. The predicted molar refractivity (Wildman–Crippen MR) is 116 cm³/mol. The first kappa shape index (κ1) is 22.0. The summed E-state index contributed by atoms with van der Waals surface area (Å²) < 4.78 is 5.34. The molecule has 25 heavy (non-hydrogen) atoms. The zero-order valence-electron chi connectivity index (χ0n) is 16.0. The van der Waals surface area contributed by atoms with Crippen LogP contribution in [0.15, 0.2) is 23.2 Å². The molecule has 0 amide bonds. The molecule has 142 valence electrons. The zero-order valence-corrected chi connectivity index (χ0v) is 18.3. The van der Waals surface area contributed by atoms with Gasteiger partial charge in [0.25, 0.3) is 0 Å². The van der Waals surface area contributed by atoms with E-state index in [4.69, 9.17) is 4.74 Å². The highest BCUT2D eigenvalue weighted by molar-refractivity contribution is 14.0. The van der Waals surface area contributed by atoms with Crippen molar-refractivity contribution in [1.82, 2.24) is 15.5 Å². The van der Waals surface area contributed by atoms with E-state index in [1.807, 2.05) is 13.1 Å². The minimum Gasteiger partial charge on any atom is -0.497 e. The third kappa shape index (κ3) is 7.40. The van der Waals surface area contributed by atoms with Crippen LogP contribution in [0.5, 0.6) is 5.75 Å². The summed E-state index contributed by atoms with van der Waals surface area (Å²) in [6, 6.07) is 6.79. The molecule has 1 fully saturated rings. The van der Waals surface area contributed by atoms with Crippen LogP contribution in [0.1, 0.15) is 37.3 Å². The van der Waals surface area contributed by atoms with E-state index in [9.17, 15) is 0 Å². The summed E-state index contributed by atoms with van der Waals surface area (Å²) in [6.07, 6.45) is 3.60. The number of aliphatic imine (C=N–C) groups is 1. The van der Waals surface area contributed by atoms with Crippen LogP contribution < -0.4 is 15.4 Å². The van der Waals surface area contributed by atoms with Gasteiger partial charge in [0.1, 0.15) is 5.75 Å². The lowest BCUT2D eigenvalue weighted by Gasteiger charge is -2.32. The third-order valence-electron chi connectivity index (χ3n) is 4.50. The van der Waals surface area contributed by atoms with E-state index in [-0.39, 0.29) is 24.0 Å². The Hall–Kier alpha value is -1.02. The predicted octanol–water partition coefficient (Wildman–Crippen LogP) is 3.16. The number of hydrogen-bond donors (Lipinski definition) is 2. The van der Waals surface area contributed by atoms with Crippen molar-refractivity contribution in [3.8, 4) is 5.75 Å². The second kappa shape index (κ2) is 11.6. The third-order valence-corrected chi connectivity index (χ3v) is 4.50. The van der Waals surface area contributed by atoms with Crippen molar-refractivity contribution in [2.24, 2.45) is 4.99 Å². The molecule has 0 radical (unpaired) electrons. The number of ether oxygens (including phenoxy) is 1. The molecule has 1 aliphatic rings. The number of halogens is 1. The second-order valence-electron chi connectivity index (χ2n) is 6.54. The van der Waals surface area contributed by atoms with Crippen molar-refractivity contribution in [3.63, 3.8) is 0 Å². The standard InChI is InChI=1S/C19H32N4O.HI/c1-5-8-23-9-6-17(7-10-23)22-19(20-3)21-14-16-11-15(2)12-18(13-16)24-4;/h11-13,17H,5-10,14H2,1-4H3,(H2,20,21,22);1H. The van der Waals surface area contributed by atoms with Crippen LogP contribution in [0.3, 0.4) is 0 Å². The molecule has 6 heteroatoms. The molecule has 0 spiro atoms. The first-order valence-electron chi connectivity index (χ1n) is 8.98. The molecular formula is C19H33IN4O. The number of aryl methyl sites for hydroxylation is 1. The highest BCUT2D eigenvalue weighted by atomic mass is 127. The fourth-order valence-corrected chi connectivity index (χ4v) is 3.24. The average Bonchev–Trinajstić information content (AvgIpc) is 2.59. The number of nitrogens with one attached hydrogen (secondary N) is 2. The quantitative estimate of drug-likeness (QED) is 0.389. The van der Waals surface area contributed by atoms with E-state index in [0.717, 1.165) is 18.3 Å². The highest BCUT2D eigenvalue weighted by Gasteiger charge is 2.19. The van der Waals surface area contributed by atoms with Crippen LogP contribution >= 0.6 is 24.0 Å². The highest BCUT2D eigenvalue weighted by Crippen LogP contribution is 2.16. The van der Waals surface area contributed by atoms with Gasteiger partial charge in [-0.05, 0) is 56.0 Å². The molecule has 1 aliphatic heterocycles. The van der Waals surface area contributed by atoms with Crippen molar-refractivity contribution >= 4 is 29.9 Å². The summed E-state index contributed by atoms with van der Waals surface area (Å²) in [5.74, 6) is 1.78. The van der Waals surface area contributed by atoms with Crippen LogP contribution in [-0.4, -0.2) is 50.7 Å². The summed E-state index contributed by atoms with van der Waals surface area (Å²) in [6.45, 7) is 8.65. The van der Waals surface area contributed by atoms with Crippen molar-refractivity contribution in [2.45, 2.75) is 45.7 Å². The van der Waals surface area contributed by atoms with Gasteiger partial charge in [-0.15, -0.1) is 24.0 Å². The molecule has 0 atom stereocenters. The fraction of sp³-hybridized carbons (Fsp3) is 0.632. The first-order chi connectivity index (χ1) is 11.6. The van der Waals surface area contributed by atoms with Gasteiger partial charge in [0.15, 0.2) is 5.96 Å². The molecule has 1 heterocycles. The smallest absolute Gasteiger partial charge is 0.191 e. The molecule has 0 saturated carbocycles. The largest absolute Gasteiger partial charge is 0.497 e. The number of rotatable bonds is 6. The Morgan fingerprint density at radius 1 is 1.28 bits per heavy atom. The molecule has 1 aromatic rings. The number of guanidine groups is 1. The lowest BCUT2D eigenvalue weighted by molar-refractivity contribution is 0.206. The Morgan fingerprint density at radius 3 is 2.60 bits per heavy atom. The monoisotopic (exact) mass is 460 g/mol. The Bertz CT molecular complexity index is 542. The molecule has 2 N–H and O–H groups in total. The summed E-state index contributed by atoms with van der Waals surface area (Å²) in [5.41, 5.74) is 2.41. The maximum atomic E-state index is 5.34. The molecule has 5 nitrogen and oxygen atoms in total. The summed E-state index contributed by atoms with van der Waals surface area (Å²) >= 11 is 0. The molecular weight excluding hydrogens is 427 g/mol. The van der Waals surface area contributed by atoms with Crippen molar-refractivity contribution < 1.29 is 4.74 Å². The molecule has 0 unspecified atom stereocenters. The van der Waals surface area contributed by atoms with Crippen molar-refractivity contribution in [3.05, 3.63) is 29.3 Å². The normalized spacial score (nSPS) is 16.2. The average molecular weight is 460 g/mol. The summed E-state index contributed by atoms with van der Waals surface area (Å²) in [7, 11) is 3.54. The number of benzene rings is 1. The van der Waals surface area contributed by atoms with Gasteiger partial charge in [-0.1, -0.05) is 13.0 Å². The van der Waals surface area contributed by atoms with E-state index < -0.39 is 0 Å². The SMILES string of the molecule is CCCN1CCC(NC(=NC)NCc2cc(C)cc(OC)c2)CC1.I. The van der Waals surface area contributed by atoms with E-state index >= 15 is 0 Å². The molecule has 0 bridgehead atoms. The minimum absolute atomic E-state index is 0. The van der Waals surface area contributed by atoms with E-state index in [1.165, 1.54) is 50.0 Å². The van der Waals surface area contributed by atoms with Crippen molar-refractivity contribution in [2.75, 3.05) is 33.8 Å². The summed E-state index contributed by atoms with van der Waals surface area (Å²) in [5, 5.41) is 6.98. The maximum absolute atomic E-state index is 5.34. The van der Waals surface area contributed by atoms with Crippen LogP contribution in [0, 0.1) is 6.92 Å². The van der Waals surface area contributed by atoms with Crippen molar-refractivity contribution in [1.29, 1.82) is 0 Å². The van der Waals surface area contributed by atoms with Gasteiger partial charge in [-0.25, -0.2) is 0 Å². The van der Waals surface area contributed by atoms with Crippen LogP contribution in [0.4, 0.5) is 0 Å². The van der Waals surface area contributed by atoms with Crippen LogP contribution in [0.2, 0.25) is 0 Å². The van der Waals surface area contributed by atoms with E-state index in [0.29, 0.717) is 6.04 Å². The Balaban J connectivity index is 0.00000312. The number of methoxy groups -OCH3 is 1. The van der Waals surface area contributed by atoms with Gasteiger partial charge in [0.2, 0.25) is 0 Å². The van der Waals surface area contributed by atoms with Gasteiger partial charge in [0.05, 0.1) is 7.11 Å².